The molecule has 10 nitrogen and oxygen atoms in total. The van der Waals surface area contributed by atoms with Crippen LogP contribution in [0.2, 0.25) is 0 Å². The highest BCUT2D eigenvalue weighted by Crippen LogP contribution is 2.62. The van der Waals surface area contributed by atoms with Crippen LogP contribution in [0.4, 0.5) is 9.18 Å². The van der Waals surface area contributed by atoms with Crippen LogP contribution in [-0.4, -0.2) is 72.3 Å². The number of unbranched alkanes of at least 4 members (excludes halogenated alkanes) is 2. The Bertz CT molecular complexity index is 2240. The minimum atomic E-state index is -1.48. The molecule has 4 aromatic rings. The Morgan fingerprint density at radius 1 is 0.952 bits per heavy atom. The van der Waals surface area contributed by atoms with E-state index in [-0.39, 0.29) is 69.6 Å². The number of carbonyl (C=O) groups is 1. The summed E-state index contributed by atoms with van der Waals surface area (Å²) in [6.07, 6.45) is 10.3. The normalized spacial score (nSPS) is 23.1. The van der Waals surface area contributed by atoms with Crippen molar-refractivity contribution in [3.8, 4) is 11.5 Å². The SMILES string of the molecule is C=CCCOC(=O)N(Cc1cccc2ccccc12)C1CC(=NOC)C2=CC(CCCCO)C(CCCCO)C3c4cc(OCc5ccccc5F)ccc4OC1(OCC=C)C23. The summed E-state index contributed by atoms with van der Waals surface area (Å²) in [6, 6.07) is 25.7. The molecule has 2 N–H and O–H groups in total. The number of aliphatic hydroxyl groups excluding tert-OH is 2. The summed E-state index contributed by atoms with van der Waals surface area (Å²) in [6.45, 7) is 8.50. The highest BCUT2D eigenvalue weighted by Gasteiger charge is 2.65. The average molecular weight is 847 g/mol. The molecule has 0 aromatic heterocycles. The van der Waals surface area contributed by atoms with Crippen LogP contribution in [0.3, 0.4) is 0 Å². The number of nitrogens with zero attached hydrogens (tertiary/aromatic N) is 2. The monoisotopic (exact) mass is 846 g/mol. The van der Waals surface area contributed by atoms with E-state index < -0.39 is 23.8 Å². The van der Waals surface area contributed by atoms with Gasteiger partial charge in [0, 0.05) is 36.7 Å². The Morgan fingerprint density at radius 3 is 2.48 bits per heavy atom. The van der Waals surface area contributed by atoms with E-state index in [4.69, 9.17) is 28.9 Å². The van der Waals surface area contributed by atoms with Crippen LogP contribution in [0.15, 0.2) is 127 Å². The summed E-state index contributed by atoms with van der Waals surface area (Å²) in [7, 11) is 1.53. The van der Waals surface area contributed by atoms with Gasteiger partial charge >= 0.3 is 6.09 Å². The predicted molar refractivity (Wildman–Crippen MR) is 238 cm³/mol. The number of oxime groups is 1. The Kier molecular flexibility index (Phi) is 15.1. The van der Waals surface area contributed by atoms with Gasteiger partial charge in [0.05, 0.1) is 31.4 Å². The van der Waals surface area contributed by atoms with Crippen molar-refractivity contribution < 1.29 is 43.2 Å². The lowest BCUT2D eigenvalue weighted by molar-refractivity contribution is -0.256. The first-order valence-electron chi connectivity index (χ1n) is 21.9. The number of ether oxygens (including phenoxy) is 4. The van der Waals surface area contributed by atoms with Crippen molar-refractivity contribution in [1.82, 2.24) is 4.90 Å². The summed E-state index contributed by atoms with van der Waals surface area (Å²) in [5, 5.41) is 26.6. The van der Waals surface area contributed by atoms with Gasteiger partial charge in [-0.05, 0) is 90.1 Å². The highest BCUT2D eigenvalue weighted by atomic mass is 19.1. The topological polar surface area (TPSA) is 119 Å². The van der Waals surface area contributed by atoms with Gasteiger partial charge in [0.2, 0.25) is 5.79 Å². The molecule has 62 heavy (non-hydrogen) atoms. The lowest BCUT2D eigenvalue weighted by Gasteiger charge is -2.59. The van der Waals surface area contributed by atoms with Crippen LogP contribution in [0.5, 0.6) is 11.5 Å². The number of benzene rings is 4. The fourth-order valence-corrected chi connectivity index (χ4v) is 9.85. The van der Waals surface area contributed by atoms with E-state index >= 15 is 0 Å². The molecule has 0 spiro atoms. The molecule has 4 aromatic carbocycles. The number of carbonyl (C=O) groups excluding carboxylic acids is 1. The molecule has 1 heterocycles. The second kappa shape index (κ2) is 21.1. The molecule has 328 valence electrons. The molecule has 0 saturated heterocycles. The van der Waals surface area contributed by atoms with Gasteiger partial charge in [-0.1, -0.05) is 96.9 Å². The molecular formula is C51H59FN2O8. The fraction of sp³-hybridized carbons (Fsp3) is 0.412. The van der Waals surface area contributed by atoms with Crippen molar-refractivity contribution in [1.29, 1.82) is 0 Å². The Morgan fingerprint density at radius 2 is 1.71 bits per heavy atom. The predicted octanol–water partition coefficient (Wildman–Crippen LogP) is 10.0. The molecule has 6 atom stereocenters. The van der Waals surface area contributed by atoms with Crippen molar-refractivity contribution in [2.75, 3.05) is 33.5 Å². The number of fused-ring (bicyclic) bond motifs is 3. The zero-order valence-electron chi connectivity index (χ0n) is 35.6. The number of aliphatic hydroxyl groups is 2. The van der Waals surface area contributed by atoms with E-state index in [0.717, 1.165) is 53.2 Å². The molecule has 1 saturated carbocycles. The quantitative estimate of drug-likeness (QED) is 0.0484. The molecule has 1 aliphatic heterocycles. The third-order valence-electron chi connectivity index (χ3n) is 12.6. The van der Waals surface area contributed by atoms with E-state index in [0.29, 0.717) is 42.0 Å². The van der Waals surface area contributed by atoms with Gasteiger partial charge in [-0.2, -0.15) is 0 Å². The fourth-order valence-electron chi connectivity index (χ4n) is 9.85. The summed E-state index contributed by atoms with van der Waals surface area (Å²) >= 11 is 0. The minimum absolute atomic E-state index is 0.0128. The molecule has 1 amide bonds. The zero-order chi connectivity index (χ0) is 43.5. The van der Waals surface area contributed by atoms with E-state index in [1.54, 1.807) is 35.3 Å². The lowest BCUT2D eigenvalue weighted by Crippen LogP contribution is -2.70. The van der Waals surface area contributed by atoms with Crippen LogP contribution in [0.1, 0.15) is 74.0 Å². The number of hydrogen-bond donors (Lipinski definition) is 2. The van der Waals surface area contributed by atoms with Gasteiger partial charge in [-0.15, -0.1) is 13.2 Å². The largest absolute Gasteiger partial charge is 0.489 e. The lowest BCUT2D eigenvalue weighted by atomic mass is 9.55. The standard InChI is InChI=1S/C51H59FN2O8/c1-4-6-29-59-50(57)54(33-37-20-15-19-35-16-7-9-21-40(35)37)47-32-45(53-58-3)42-30-36(17-11-13-26-55)41(22-12-14-27-56)48-43-31-39(60-34-38-18-8-10-23-44(38)52)24-25-46(43)62-51(47,49(42)48)61-28-5-2/h4-5,7-10,15-16,18-21,23-25,30-31,36,41,47-49,55-56H,1-2,6,11-14,17,22,26-29,32-34H2,3H3. The third kappa shape index (κ3) is 9.45. The Balaban J connectivity index is 1.43. The first-order valence-corrected chi connectivity index (χ1v) is 21.9. The molecule has 0 radical (unpaired) electrons. The molecule has 1 fully saturated rings. The van der Waals surface area contributed by atoms with E-state index in [2.05, 4.69) is 37.4 Å². The highest BCUT2D eigenvalue weighted by molar-refractivity contribution is 6.03. The van der Waals surface area contributed by atoms with Crippen molar-refractivity contribution in [3.63, 3.8) is 0 Å². The summed E-state index contributed by atoms with van der Waals surface area (Å²) < 4.78 is 41.6. The smallest absolute Gasteiger partial charge is 0.410 e. The second-order valence-electron chi connectivity index (χ2n) is 16.3. The average Bonchev–Trinajstić information content (AvgIpc) is 3.29. The van der Waals surface area contributed by atoms with Gasteiger partial charge in [-0.3, -0.25) is 4.90 Å². The molecular weight excluding hydrogens is 788 g/mol. The summed E-state index contributed by atoms with van der Waals surface area (Å²) in [4.78, 5) is 22.1. The Labute approximate surface area is 364 Å². The maximum absolute atomic E-state index is 14.8. The number of amides is 1. The van der Waals surface area contributed by atoms with Crippen molar-refractivity contribution >= 4 is 22.6 Å². The van der Waals surface area contributed by atoms with Gasteiger partial charge in [0.25, 0.3) is 0 Å². The number of allylic oxidation sites excluding steroid dienone is 1. The van der Waals surface area contributed by atoms with Gasteiger partial charge in [-0.25, -0.2) is 9.18 Å². The molecule has 3 aliphatic rings. The molecule has 7 rings (SSSR count). The van der Waals surface area contributed by atoms with Crippen LogP contribution >= 0.6 is 0 Å². The minimum Gasteiger partial charge on any atom is -0.489 e. The molecule has 11 heteroatoms. The number of hydrogen-bond acceptors (Lipinski definition) is 9. The first kappa shape index (κ1) is 44.6. The maximum Gasteiger partial charge on any atom is 0.410 e. The third-order valence-corrected chi connectivity index (χ3v) is 12.6. The van der Waals surface area contributed by atoms with Crippen LogP contribution in [0, 0.1) is 23.6 Å². The second-order valence-corrected chi connectivity index (χ2v) is 16.3. The number of halogens is 1. The maximum atomic E-state index is 14.8. The number of rotatable bonds is 21. The van der Waals surface area contributed by atoms with E-state index in [1.165, 1.54) is 13.2 Å². The van der Waals surface area contributed by atoms with Gasteiger partial charge < -0.3 is 34.0 Å². The van der Waals surface area contributed by atoms with Crippen LogP contribution in [-0.2, 0) is 27.5 Å². The zero-order valence-corrected chi connectivity index (χ0v) is 35.6. The van der Waals surface area contributed by atoms with Crippen molar-refractivity contribution in [2.24, 2.45) is 22.9 Å². The van der Waals surface area contributed by atoms with Crippen LogP contribution in [0.25, 0.3) is 10.8 Å². The van der Waals surface area contributed by atoms with E-state index in [9.17, 15) is 19.4 Å². The molecule has 6 unspecified atom stereocenters. The van der Waals surface area contributed by atoms with E-state index in [1.807, 2.05) is 42.5 Å². The first-order chi connectivity index (χ1) is 30.4. The van der Waals surface area contributed by atoms with Crippen molar-refractivity contribution in [3.05, 3.63) is 144 Å². The van der Waals surface area contributed by atoms with Crippen molar-refractivity contribution in [2.45, 2.75) is 82.3 Å². The van der Waals surface area contributed by atoms with Gasteiger partial charge in [0.15, 0.2) is 0 Å². The Hall–Kier alpha value is -5.49. The molecule has 0 bridgehead atoms. The summed E-state index contributed by atoms with van der Waals surface area (Å²) in [5.74, 6) is -1.41. The molecule has 2 aliphatic carbocycles. The van der Waals surface area contributed by atoms with Crippen LogP contribution < -0.4 is 9.47 Å². The van der Waals surface area contributed by atoms with Gasteiger partial charge in [0.1, 0.15) is 37.1 Å². The summed E-state index contributed by atoms with van der Waals surface area (Å²) in [5.41, 5.74) is 3.85.